The van der Waals surface area contributed by atoms with Gasteiger partial charge in [-0.15, -0.1) is 0 Å². The van der Waals surface area contributed by atoms with Crippen molar-refractivity contribution in [1.82, 2.24) is 4.98 Å². The van der Waals surface area contributed by atoms with E-state index in [1.54, 1.807) is 0 Å². The second kappa shape index (κ2) is 3.93. The largest absolute Gasteiger partial charge is 0.408 e. The second-order valence-electron chi connectivity index (χ2n) is 2.32. The van der Waals surface area contributed by atoms with E-state index in [0.717, 1.165) is 12.3 Å². The lowest BCUT2D eigenvalue weighted by Gasteiger charge is -2.01. The Balaban J connectivity index is 2.75. The molecule has 1 heterocycles. The molecule has 0 saturated carbocycles. The van der Waals surface area contributed by atoms with Crippen molar-refractivity contribution in [2.45, 2.75) is 13.3 Å². The number of nitrogens with zero attached hydrogens (tertiary/aromatic N) is 1. The number of carbonyl (C=O) groups excluding carboxylic acids is 1. The zero-order valence-electron chi connectivity index (χ0n) is 6.83. The van der Waals surface area contributed by atoms with Crippen molar-refractivity contribution in [3.63, 3.8) is 0 Å². The number of carbonyl (C=O) groups is 1. The highest BCUT2D eigenvalue weighted by atomic mass is 19.3. The molecule has 0 aromatic carbocycles. The number of esters is 1. The molecule has 0 saturated heterocycles. The topological polar surface area (TPSA) is 39.2 Å². The van der Waals surface area contributed by atoms with Crippen molar-refractivity contribution >= 4 is 5.97 Å². The van der Waals surface area contributed by atoms with Crippen LogP contribution in [0.3, 0.4) is 0 Å². The third-order valence-corrected chi connectivity index (χ3v) is 1.26. The van der Waals surface area contributed by atoms with Gasteiger partial charge >= 0.3 is 5.97 Å². The first kappa shape index (κ1) is 9.57. The Morgan fingerprint density at radius 3 is 2.62 bits per heavy atom. The first-order valence-corrected chi connectivity index (χ1v) is 3.52. The van der Waals surface area contributed by atoms with E-state index in [4.69, 9.17) is 0 Å². The van der Waals surface area contributed by atoms with E-state index in [0.29, 0.717) is 0 Å². The van der Waals surface area contributed by atoms with Gasteiger partial charge in [-0.3, -0.25) is 4.79 Å². The lowest BCUT2D eigenvalue weighted by atomic mass is 10.3. The maximum atomic E-state index is 12.0. The van der Waals surface area contributed by atoms with E-state index in [1.165, 1.54) is 13.0 Å². The van der Waals surface area contributed by atoms with Gasteiger partial charge in [-0.2, -0.15) is 0 Å². The molecule has 1 aromatic rings. The molecule has 0 radical (unpaired) electrons. The highest BCUT2D eigenvalue weighted by Crippen LogP contribution is 2.18. The fraction of sp³-hybridized carbons (Fsp3) is 0.250. The summed E-state index contributed by atoms with van der Waals surface area (Å²) in [7, 11) is 0. The quantitative estimate of drug-likeness (QED) is 0.664. The molecule has 70 valence electrons. The van der Waals surface area contributed by atoms with E-state index in [9.17, 15) is 13.6 Å². The lowest BCUT2D eigenvalue weighted by Crippen LogP contribution is -2.02. The SMILES string of the molecule is CC(=O)Oc1ccc(C(F)F)cn1. The maximum Gasteiger partial charge on any atom is 0.309 e. The summed E-state index contributed by atoms with van der Waals surface area (Å²) in [4.78, 5) is 13.9. The number of aromatic nitrogens is 1. The minimum absolute atomic E-state index is 0.0249. The summed E-state index contributed by atoms with van der Waals surface area (Å²) >= 11 is 0. The van der Waals surface area contributed by atoms with Gasteiger partial charge in [0.1, 0.15) is 0 Å². The Morgan fingerprint density at radius 1 is 1.54 bits per heavy atom. The predicted octanol–water partition coefficient (Wildman–Crippen LogP) is 1.94. The van der Waals surface area contributed by atoms with Gasteiger partial charge in [-0.25, -0.2) is 13.8 Å². The molecule has 1 aromatic heterocycles. The van der Waals surface area contributed by atoms with Crippen molar-refractivity contribution in [3.05, 3.63) is 23.9 Å². The molecule has 0 amide bonds. The van der Waals surface area contributed by atoms with Gasteiger partial charge in [0.05, 0.1) is 0 Å². The van der Waals surface area contributed by atoms with Gasteiger partial charge in [0.25, 0.3) is 6.43 Å². The first-order chi connectivity index (χ1) is 6.09. The maximum absolute atomic E-state index is 12.0. The van der Waals surface area contributed by atoms with Crippen LogP contribution in [0.4, 0.5) is 8.78 Å². The number of halogens is 2. The number of ether oxygens (including phenoxy) is 1. The number of rotatable bonds is 2. The fourth-order valence-corrected chi connectivity index (χ4v) is 0.728. The van der Waals surface area contributed by atoms with Gasteiger partial charge in [0, 0.05) is 24.8 Å². The van der Waals surface area contributed by atoms with Crippen molar-refractivity contribution in [2.75, 3.05) is 0 Å². The van der Waals surface area contributed by atoms with Crippen LogP contribution in [0.2, 0.25) is 0 Å². The highest BCUT2D eigenvalue weighted by Gasteiger charge is 2.07. The van der Waals surface area contributed by atoms with Crippen LogP contribution in [-0.4, -0.2) is 11.0 Å². The van der Waals surface area contributed by atoms with Crippen LogP contribution in [-0.2, 0) is 4.79 Å². The van der Waals surface area contributed by atoms with Crippen LogP contribution in [0.5, 0.6) is 5.88 Å². The molecule has 0 bridgehead atoms. The average molecular weight is 187 g/mol. The van der Waals surface area contributed by atoms with Gasteiger partial charge in [-0.05, 0) is 6.07 Å². The van der Waals surface area contributed by atoms with Crippen LogP contribution in [0.15, 0.2) is 18.3 Å². The smallest absolute Gasteiger partial charge is 0.309 e. The number of hydrogen-bond donors (Lipinski definition) is 0. The fourth-order valence-electron chi connectivity index (χ4n) is 0.728. The molecule has 13 heavy (non-hydrogen) atoms. The lowest BCUT2D eigenvalue weighted by molar-refractivity contribution is -0.132. The number of alkyl halides is 2. The molecule has 5 heteroatoms. The summed E-state index contributed by atoms with van der Waals surface area (Å²) in [5, 5.41) is 0. The van der Waals surface area contributed by atoms with E-state index < -0.39 is 12.4 Å². The third kappa shape index (κ3) is 2.77. The van der Waals surface area contributed by atoms with Gasteiger partial charge in [-0.1, -0.05) is 0 Å². The molecule has 0 aliphatic heterocycles. The van der Waals surface area contributed by atoms with Crippen LogP contribution in [0, 0.1) is 0 Å². The average Bonchev–Trinajstić information content (AvgIpc) is 2.04. The Hall–Kier alpha value is -1.52. The molecule has 0 N–H and O–H groups in total. The van der Waals surface area contributed by atoms with Crippen LogP contribution >= 0.6 is 0 Å². The van der Waals surface area contributed by atoms with Crippen LogP contribution < -0.4 is 4.74 Å². The number of pyridine rings is 1. The molecule has 0 aliphatic carbocycles. The van der Waals surface area contributed by atoms with Crippen molar-refractivity contribution < 1.29 is 18.3 Å². The minimum Gasteiger partial charge on any atom is -0.408 e. The van der Waals surface area contributed by atoms with Crippen molar-refractivity contribution in [3.8, 4) is 5.88 Å². The molecule has 0 fully saturated rings. The molecule has 0 atom stereocenters. The summed E-state index contributed by atoms with van der Waals surface area (Å²) in [6.07, 6.45) is -1.58. The molecule has 0 spiro atoms. The zero-order chi connectivity index (χ0) is 9.84. The van der Waals surface area contributed by atoms with Crippen LogP contribution in [0.25, 0.3) is 0 Å². The standard InChI is InChI=1S/C8H7F2NO2/c1-5(12)13-7-3-2-6(4-11-7)8(9)10/h2-4,8H,1H3. The summed E-state index contributed by atoms with van der Waals surface area (Å²) in [5.74, 6) is -0.505. The summed E-state index contributed by atoms with van der Waals surface area (Å²) in [6, 6.07) is 2.39. The molecular formula is C8H7F2NO2. The summed E-state index contributed by atoms with van der Waals surface area (Å²) < 4.78 is 28.6. The van der Waals surface area contributed by atoms with Gasteiger partial charge in [0.15, 0.2) is 0 Å². The molecule has 0 unspecified atom stereocenters. The van der Waals surface area contributed by atoms with Gasteiger partial charge < -0.3 is 4.74 Å². The molecule has 0 aliphatic rings. The van der Waals surface area contributed by atoms with Crippen molar-refractivity contribution in [2.24, 2.45) is 0 Å². The third-order valence-electron chi connectivity index (χ3n) is 1.26. The summed E-state index contributed by atoms with van der Waals surface area (Å²) in [6.45, 7) is 1.21. The second-order valence-corrected chi connectivity index (χ2v) is 2.32. The monoisotopic (exact) mass is 187 g/mol. The van der Waals surface area contributed by atoms with E-state index in [-0.39, 0.29) is 11.4 Å². The molecular weight excluding hydrogens is 180 g/mol. The Morgan fingerprint density at radius 2 is 2.23 bits per heavy atom. The number of hydrogen-bond acceptors (Lipinski definition) is 3. The molecule has 3 nitrogen and oxygen atoms in total. The minimum atomic E-state index is -2.56. The Bertz CT molecular complexity index is 298. The van der Waals surface area contributed by atoms with E-state index in [1.807, 2.05) is 0 Å². The highest BCUT2D eigenvalue weighted by molar-refractivity contribution is 5.68. The van der Waals surface area contributed by atoms with Crippen LogP contribution in [0.1, 0.15) is 18.9 Å². The summed E-state index contributed by atoms with van der Waals surface area (Å²) in [5.41, 5.74) is -0.198. The Labute approximate surface area is 73.4 Å². The van der Waals surface area contributed by atoms with E-state index >= 15 is 0 Å². The molecule has 1 rings (SSSR count). The zero-order valence-corrected chi connectivity index (χ0v) is 6.83. The first-order valence-electron chi connectivity index (χ1n) is 3.52. The van der Waals surface area contributed by atoms with Crippen molar-refractivity contribution in [1.29, 1.82) is 0 Å². The van der Waals surface area contributed by atoms with Gasteiger partial charge in [0.2, 0.25) is 5.88 Å². The normalized spacial score (nSPS) is 10.2. The predicted molar refractivity (Wildman–Crippen MR) is 40.5 cm³/mol. The van der Waals surface area contributed by atoms with E-state index in [2.05, 4.69) is 9.72 Å². The Kier molecular flexibility index (Phi) is 2.89.